The highest BCUT2D eigenvalue weighted by Crippen LogP contribution is 2.38. The van der Waals surface area contributed by atoms with Crippen molar-refractivity contribution < 1.29 is 4.79 Å². The van der Waals surface area contributed by atoms with Crippen molar-refractivity contribution in [3.63, 3.8) is 0 Å². The number of aromatic amines is 1. The van der Waals surface area contributed by atoms with Gasteiger partial charge >= 0.3 is 0 Å². The molecule has 2 aromatic heterocycles. The first-order valence-electron chi connectivity index (χ1n) is 9.31. The Balaban J connectivity index is 1.29. The van der Waals surface area contributed by atoms with Crippen LogP contribution in [0.3, 0.4) is 0 Å². The molecule has 0 radical (unpaired) electrons. The monoisotopic (exact) mass is 350 g/mol. The van der Waals surface area contributed by atoms with Gasteiger partial charge in [0.25, 0.3) is 5.91 Å². The van der Waals surface area contributed by atoms with Gasteiger partial charge in [-0.2, -0.15) is 10.2 Å². The number of likely N-dealkylation sites (tertiary alicyclic amines) is 1. The fourth-order valence-corrected chi connectivity index (χ4v) is 3.90. The predicted octanol–water partition coefficient (Wildman–Crippen LogP) is 2.27. The first kappa shape index (κ1) is 15.5. The summed E-state index contributed by atoms with van der Waals surface area (Å²) in [5, 5.41) is 12.8. The van der Waals surface area contributed by atoms with Crippen molar-refractivity contribution in [2.24, 2.45) is 13.0 Å². The summed E-state index contributed by atoms with van der Waals surface area (Å²) < 4.78 is 1.78. The van der Waals surface area contributed by atoms with E-state index in [1.165, 1.54) is 12.8 Å². The Labute approximate surface area is 151 Å². The minimum atomic E-state index is 0.0283. The van der Waals surface area contributed by atoms with Gasteiger partial charge in [0.15, 0.2) is 11.5 Å². The maximum atomic E-state index is 13.0. The van der Waals surface area contributed by atoms with Gasteiger partial charge < -0.3 is 4.90 Å². The number of nitrogens with one attached hydrogen (secondary N) is 1. The van der Waals surface area contributed by atoms with Crippen molar-refractivity contribution in [2.45, 2.75) is 31.6 Å². The molecule has 134 valence electrons. The van der Waals surface area contributed by atoms with Crippen LogP contribution in [0.2, 0.25) is 0 Å². The molecule has 1 unspecified atom stereocenters. The van der Waals surface area contributed by atoms with Crippen LogP contribution in [0.25, 0.3) is 10.9 Å². The number of carbonyl (C=O) groups is 1. The van der Waals surface area contributed by atoms with Gasteiger partial charge in [-0.3, -0.25) is 14.6 Å². The molecule has 0 spiro atoms. The molecule has 1 saturated carbocycles. The normalized spacial score (nSPS) is 20.2. The van der Waals surface area contributed by atoms with Gasteiger partial charge in [-0.15, -0.1) is 0 Å². The number of H-pyrrole nitrogens is 1. The maximum absolute atomic E-state index is 13.0. The second-order valence-electron chi connectivity index (χ2n) is 7.51. The molecule has 3 heterocycles. The quantitative estimate of drug-likeness (QED) is 0.783. The first-order valence-corrected chi connectivity index (χ1v) is 9.31. The molecular formula is C19H22N6O. The van der Waals surface area contributed by atoms with E-state index in [-0.39, 0.29) is 5.91 Å². The molecule has 7 nitrogen and oxygen atoms in total. The van der Waals surface area contributed by atoms with Gasteiger partial charge in [0.1, 0.15) is 5.82 Å². The van der Waals surface area contributed by atoms with E-state index in [0.29, 0.717) is 17.5 Å². The minimum Gasteiger partial charge on any atom is -0.337 e. The number of hydrogen-bond acceptors (Lipinski definition) is 4. The smallest absolute Gasteiger partial charge is 0.275 e. The number of para-hydroxylation sites is 1. The topological polar surface area (TPSA) is 79.7 Å². The molecule has 1 N–H and O–H groups in total. The fraction of sp³-hybridized carbons (Fsp3) is 0.474. The summed E-state index contributed by atoms with van der Waals surface area (Å²) in [7, 11) is 1.88. The molecule has 1 aromatic carbocycles. The largest absolute Gasteiger partial charge is 0.337 e. The van der Waals surface area contributed by atoms with Gasteiger partial charge in [0.2, 0.25) is 0 Å². The molecule has 1 amide bonds. The number of aryl methyl sites for hydroxylation is 1. The summed E-state index contributed by atoms with van der Waals surface area (Å²) >= 11 is 0. The zero-order valence-electron chi connectivity index (χ0n) is 14.9. The maximum Gasteiger partial charge on any atom is 0.275 e. The number of hydrogen-bond donors (Lipinski definition) is 1. The molecule has 26 heavy (non-hydrogen) atoms. The first-order chi connectivity index (χ1) is 12.7. The van der Waals surface area contributed by atoms with Crippen molar-refractivity contribution in [2.75, 3.05) is 13.1 Å². The molecule has 1 saturated heterocycles. The lowest BCUT2D eigenvalue weighted by atomic mass is 10.1. The SMILES string of the molecule is Cn1nc(C(=O)N2CCC(Cc3nc(C4CC4)n[nH]3)C2)c2ccccc21. The van der Waals surface area contributed by atoms with E-state index in [1.807, 2.05) is 36.2 Å². The second kappa shape index (κ2) is 5.93. The number of fused-ring (bicyclic) bond motifs is 1. The van der Waals surface area contributed by atoms with Gasteiger partial charge in [-0.1, -0.05) is 18.2 Å². The van der Waals surface area contributed by atoms with Crippen LogP contribution in [0.5, 0.6) is 0 Å². The number of aromatic nitrogens is 5. The molecule has 2 aliphatic rings. The van der Waals surface area contributed by atoms with E-state index in [4.69, 9.17) is 0 Å². The average Bonchev–Trinajstić information content (AvgIpc) is 3.08. The Morgan fingerprint density at radius 1 is 1.27 bits per heavy atom. The standard InChI is InChI=1S/C19H22N6O/c1-24-15-5-3-2-4-14(15)17(23-24)19(26)25-9-8-12(11-25)10-16-20-18(22-21-16)13-6-7-13/h2-5,12-13H,6-11H2,1H3,(H,20,21,22). The third kappa shape index (κ3) is 2.67. The molecule has 3 aromatic rings. The van der Waals surface area contributed by atoms with Crippen LogP contribution in [-0.2, 0) is 13.5 Å². The average molecular weight is 350 g/mol. The highest BCUT2D eigenvalue weighted by Gasteiger charge is 2.31. The van der Waals surface area contributed by atoms with Crippen molar-refractivity contribution in [3.8, 4) is 0 Å². The van der Waals surface area contributed by atoms with Crippen molar-refractivity contribution >= 4 is 16.8 Å². The zero-order chi connectivity index (χ0) is 17.7. The van der Waals surface area contributed by atoms with Crippen LogP contribution < -0.4 is 0 Å². The molecule has 1 aliphatic heterocycles. The summed E-state index contributed by atoms with van der Waals surface area (Å²) in [6.07, 6.45) is 4.27. The third-order valence-corrected chi connectivity index (χ3v) is 5.51. The molecule has 0 bridgehead atoms. The Morgan fingerprint density at radius 3 is 2.96 bits per heavy atom. The Kier molecular flexibility index (Phi) is 3.55. The molecule has 1 aliphatic carbocycles. The van der Waals surface area contributed by atoms with E-state index < -0.39 is 0 Å². The van der Waals surface area contributed by atoms with E-state index in [1.54, 1.807) is 4.68 Å². The molecule has 5 rings (SSSR count). The summed E-state index contributed by atoms with van der Waals surface area (Å²) in [6.45, 7) is 1.53. The van der Waals surface area contributed by atoms with Crippen LogP contribution in [0, 0.1) is 5.92 Å². The van der Waals surface area contributed by atoms with Crippen LogP contribution >= 0.6 is 0 Å². The van der Waals surface area contributed by atoms with E-state index in [2.05, 4.69) is 20.3 Å². The number of amides is 1. The fourth-order valence-electron chi connectivity index (χ4n) is 3.90. The number of rotatable bonds is 4. The summed E-state index contributed by atoms with van der Waals surface area (Å²) in [5.74, 6) is 2.94. The number of nitrogens with zero attached hydrogens (tertiary/aromatic N) is 5. The predicted molar refractivity (Wildman–Crippen MR) is 96.8 cm³/mol. The Hall–Kier alpha value is -2.70. The summed E-state index contributed by atoms with van der Waals surface area (Å²) in [4.78, 5) is 19.5. The van der Waals surface area contributed by atoms with Gasteiger partial charge in [-0.05, 0) is 31.2 Å². The lowest BCUT2D eigenvalue weighted by Crippen LogP contribution is -2.29. The zero-order valence-corrected chi connectivity index (χ0v) is 14.9. The van der Waals surface area contributed by atoms with Gasteiger partial charge in [-0.25, -0.2) is 4.98 Å². The minimum absolute atomic E-state index is 0.0283. The second-order valence-corrected chi connectivity index (χ2v) is 7.51. The van der Waals surface area contributed by atoms with Gasteiger partial charge in [0, 0.05) is 37.9 Å². The van der Waals surface area contributed by atoms with Gasteiger partial charge in [0.05, 0.1) is 5.52 Å². The Bertz CT molecular complexity index is 969. The summed E-state index contributed by atoms with van der Waals surface area (Å²) in [5.41, 5.74) is 1.54. The molecule has 1 atom stereocenters. The third-order valence-electron chi connectivity index (χ3n) is 5.51. The van der Waals surface area contributed by atoms with E-state index in [9.17, 15) is 4.79 Å². The summed E-state index contributed by atoms with van der Waals surface area (Å²) in [6, 6.07) is 7.89. The molecule has 7 heteroatoms. The van der Waals surface area contributed by atoms with Crippen molar-refractivity contribution in [1.29, 1.82) is 0 Å². The van der Waals surface area contributed by atoms with Crippen LogP contribution in [-0.4, -0.2) is 48.9 Å². The van der Waals surface area contributed by atoms with E-state index in [0.717, 1.165) is 48.5 Å². The van der Waals surface area contributed by atoms with Crippen molar-refractivity contribution in [1.82, 2.24) is 29.9 Å². The highest BCUT2D eigenvalue weighted by atomic mass is 16.2. The lowest BCUT2D eigenvalue weighted by molar-refractivity contribution is 0.0782. The Morgan fingerprint density at radius 2 is 2.12 bits per heavy atom. The van der Waals surface area contributed by atoms with Crippen LogP contribution in [0.4, 0.5) is 0 Å². The number of benzene rings is 1. The van der Waals surface area contributed by atoms with Crippen LogP contribution in [0.1, 0.15) is 47.3 Å². The highest BCUT2D eigenvalue weighted by molar-refractivity contribution is 6.04. The molecular weight excluding hydrogens is 328 g/mol. The van der Waals surface area contributed by atoms with Crippen molar-refractivity contribution in [3.05, 3.63) is 41.6 Å². The van der Waals surface area contributed by atoms with E-state index >= 15 is 0 Å². The van der Waals surface area contributed by atoms with Crippen LogP contribution in [0.15, 0.2) is 24.3 Å². The number of carbonyl (C=O) groups excluding carboxylic acids is 1. The lowest BCUT2D eigenvalue weighted by Gasteiger charge is -2.15. The molecule has 2 fully saturated rings.